The quantitative estimate of drug-likeness (QED) is 0.667. The number of hydrogen-bond acceptors (Lipinski definition) is 5. The number of thiophene rings is 1. The third kappa shape index (κ3) is 3.47. The lowest BCUT2D eigenvalue weighted by atomic mass is 9.96. The van der Waals surface area contributed by atoms with Crippen LogP contribution in [0, 0.1) is 13.8 Å². The highest BCUT2D eigenvalue weighted by Crippen LogP contribution is 2.34. The van der Waals surface area contributed by atoms with Gasteiger partial charge in [-0.15, -0.1) is 11.3 Å². The molecule has 0 saturated heterocycles. The van der Waals surface area contributed by atoms with Crippen LogP contribution in [0.2, 0.25) is 0 Å². The lowest BCUT2D eigenvalue weighted by Crippen LogP contribution is -2.32. The minimum absolute atomic E-state index is 0.124. The van der Waals surface area contributed by atoms with Gasteiger partial charge < -0.3 is 0 Å². The first-order valence-corrected chi connectivity index (χ1v) is 11.0. The molecule has 0 aromatic carbocycles. The average molecular weight is 401 g/mol. The Labute approximate surface area is 162 Å². The van der Waals surface area contributed by atoms with E-state index in [1.165, 1.54) is 11.3 Å². The molecule has 4 rings (SSSR count). The third-order valence-corrected chi connectivity index (χ3v) is 7.62. The molecule has 0 saturated carbocycles. The maximum atomic E-state index is 12.5. The van der Waals surface area contributed by atoms with Gasteiger partial charge in [-0.05, 0) is 43.8 Å². The van der Waals surface area contributed by atoms with Crippen LogP contribution in [0.1, 0.15) is 29.3 Å². The van der Waals surface area contributed by atoms with Crippen LogP contribution in [0.5, 0.6) is 0 Å². The van der Waals surface area contributed by atoms with E-state index in [1.54, 1.807) is 23.7 Å². The first-order valence-electron chi connectivity index (χ1n) is 8.67. The van der Waals surface area contributed by atoms with Crippen LogP contribution in [0.25, 0.3) is 5.82 Å². The van der Waals surface area contributed by atoms with Gasteiger partial charge in [0.05, 0.1) is 5.69 Å². The van der Waals surface area contributed by atoms with Crippen molar-refractivity contribution in [1.82, 2.24) is 19.5 Å². The van der Waals surface area contributed by atoms with Gasteiger partial charge in [-0.2, -0.15) is 5.10 Å². The Bertz CT molecular complexity index is 1070. The highest BCUT2D eigenvalue weighted by molar-refractivity contribution is 7.91. The monoisotopic (exact) mass is 400 g/mol. The van der Waals surface area contributed by atoms with E-state index in [4.69, 9.17) is 0 Å². The zero-order chi connectivity index (χ0) is 19.0. The summed E-state index contributed by atoms with van der Waals surface area (Å²) in [7, 11) is -3.48. The van der Waals surface area contributed by atoms with Gasteiger partial charge in [-0.25, -0.2) is 22.8 Å². The number of pyridine rings is 1. The summed E-state index contributed by atoms with van der Waals surface area (Å²) in [5.41, 5.74) is 3.10. The summed E-state index contributed by atoms with van der Waals surface area (Å²) in [6.07, 6.45) is 6.44. The number of rotatable bonds is 5. The van der Waals surface area contributed by atoms with Crippen LogP contribution in [0.15, 0.2) is 58.3 Å². The number of nitrogens with one attached hydrogen (secondary N) is 1. The van der Waals surface area contributed by atoms with Crippen molar-refractivity contribution in [3.8, 4) is 5.82 Å². The average Bonchev–Trinajstić information content (AvgIpc) is 3.37. The van der Waals surface area contributed by atoms with E-state index in [2.05, 4.69) is 20.9 Å². The highest BCUT2D eigenvalue weighted by Gasteiger charge is 2.29. The van der Waals surface area contributed by atoms with Crippen molar-refractivity contribution in [1.29, 1.82) is 0 Å². The molecule has 1 aliphatic carbocycles. The number of allylic oxidation sites excluding steroid dienone is 1. The lowest BCUT2D eigenvalue weighted by Gasteiger charge is -2.14. The van der Waals surface area contributed by atoms with Gasteiger partial charge in [0.1, 0.15) is 4.21 Å². The van der Waals surface area contributed by atoms with Crippen molar-refractivity contribution in [2.75, 3.05) is 0 Å². The van der Waals surface area contributed by atoms with E-state index in [1.807, 2.05) is 42.8 Å². The number of hydrogen-bond donors (Lipinski definition) is 1. The van der Waals surface area contributed by atoms with Gasteiger partial charge in [-0.3, -0.25) is 0 Å². The minimum atomic E-state index is -3.48. The molecule has 1 N–H and O–H groups in total. The Kier molecular flexibility index (Phi) is 4.71. The van der Waals surface area contributed by atoms with E-state index in [9.17, 15) is 8.42 Å². The zero-order valence-corrected chi connectivity index (χ0v) is 16.7. The molecule has 8 heteroatoms. The van der Waals surface area contributed by atoms with Crippen molar-refractivity contribution in [3.63, 3.8) is 0 Å². The first kappa shape index (κ1) is 18.1. The molecule has 3 aromatic rings. The summed E-state index contributed by atoms with van der Waals surface area (Å²) < 4.78 is 29.9. The second-order valence-electron chi connectivity index (χ2n) is 6.57. The van der Waals surface area contributed by atoms with Crippen LogP contribution in [-0.4, -0.2) is 29.2 Å². The molecule has 0 spiro atoms. The predicted octanol–water partition coefficient (Wildman–Crippen LogP) is 3.34. The summed E-state index contributed by atoms with van der Waals surface area (Å²) in [5, 5.41) is 6.41. The summed E-state index contributed by atoms with van der Waals surface area (Å²) in [4.78, 5) is 4.37. The molecule has 0 bridgehead atoms. The van der Waals surface area contributed by atoms with E-state index in [-0.39, 0.29) is 12.0 Å². The fourth-order valence-corrected chi connectivity index (χ4v) is 5.78. The molecular weight excluding hydrogens is 380 g/mol. The molecule has 0 amide bonds. The molecule has 2 unspecified atom stereocenters. The molecule has 0 fully saturated rings. The molecule has 0 aliphatic heterocycles. The zero-order valence-electron chi connectivity index (χ0n) is 15.0. The van der Waals surface area contributed by atoms with Crippen LogP contribution in [-0.2, 0) is 10.0 Å². The van der Waals surface area contributed by atoms with Gasteiger partial charge >= 0.3 is 0 Å². The molecule has 1 aliphatic rings. The van der Waals surface area contributed by atoms with E-state index in [0.29, 0.717) is 10.6 Å². The van der Waals surface area contributed by atoms with Crippen molar-refractivity contribution < 1.29 is 8.42 Å². The maximum Gasteiger partial charge on any atom is 0.250 e. The Hall–Kier alpha value is -2.29. The standard InChI is InChI=1S/C19H20N4O2S2/c1-13-19(14(2)23(21-13)17-6-3-4-10-20-17)15-8-9-16(12-15)22-27(24,25)18-7-5-11-26-18/h3-11,15-16,22H,12H2,1-2H3. The van der Waals surface area contributed by atoms with Gasteiger partial charge in [0.2, 0.25) is 0 Å². The van der Waals surface area contributed by atoms with E-state index < -0.39 is 10.0 Å². The molecular formula is C19H20N4O2S2. The van der Waals surface area contributed by atoms with Crippen molar-refractivity contribution in [2.24, 2.45) is 0 Å². The smallest absolute Gasteiger partial charge is 0.237 e. The molecule has 0 radical (unpaired) electrons. The number of nitrogens with zero attached hydrogens (tertiary/aromatic N) is 3. The first-order chi connectivity index (χ1) is 13.0. The molecule has 3 heterocycles. The Morgan fingerprint density at radius 3 is 2.74 bits per heavy atom. The lowest BCUT2D eigenvalue weighted by molar-refractivity contribution is 0.565. The van der Waals surface area contributed by atoms with E-state index in [0.717, 1.165) is 22.8 Å². The molecule has 2 atom stereocenters. The van der Waals surface area contributed by atoms with Gasteiger partial charge in [0.25, 0.3) is 10.0 Å². The fraction of sp³-hybridized carbons (Fsp3) is 0.263. The molecule has 3 aromatic heterocycles. The summed E-state index contributed by atoms with van der Waals surface area (Å²) >= 11 is 1.22. The van der Waals surface area contributed by atoms with Crippen LogP contribution < -0.4 is 4.72 Å². The topological polar surface area (TPSA) is 76.9 Å². The second-order valence-corrected chi connectivity index (χ2v) is 9.46. The van der Waals surface area contributed by atoms with Gasteiger partial charge in [0.15, 0.2) is 5.82 Å². The van der Waals surface area contributed by atoms with E-state index >= 15 is 0 Å². The normalized spacial score (nSPS) is 19.6. The Balaban J connectivity index is 1.55. The molecule has 27 heavy (non-hydrogen) atoms. The molecule has 6 nitrogen and oxygen atoms in total. The van der Waals surface area contributed by atoms with Crippen molar-refractivity contribution >= 4 is 21.4 Å². The summed E-state index contributed by atoms with van der Waals surface area (Å²) in [5.74, 6) is 0.903. The van der Waals surface area contributed by atoms with Gasteiger partial charge in [-0.1, -0.05) is 24.3 Å². The predicted molar refractivity (Wildman–Crippen MR) is 106 cm³/mol. The van der Waals surface area contributed by atoms with Crippen LogP contribution in [0.4, 0.5) is 0 Å². The number of aromatic nitrogens is 3. The SMILES string of the molecule is Cc1nn(-c2ccccn2)c(C)c1C1C=CC(NS(=O)(=O)c2cccs2)C1. The highest BCUT2D eigenvalue weighted by atomic mass is 32.2. The number of aryl methyl sites for hydroxylation is 1. The summed E-state index contributed by atoms with van der Waals surface area (Å²) in [6.45, 7) is 4.01. The van der Waals surface area contributed by atoms with Crippen molar-refractivity contribution in [3.05, 3.63) is 71.0 Å². The fourth-order valence-electron chi connectivity index (χ4n) is 3.57. The Morgan fingerprint density at radius 1 is 1.19 bits per heavy atom. The van der Waals surface area contributed by atoms with Crippen molar-refractivity contribution in [2.45, 2.75) is 36.4 Å². The van der Waals surface area contributed by atoms with Crippen LogP contribution in [0.3, 0.4) is 0 Å². The molecule has 140 valence electrons. The summed E-state index contributed by atoms with van der Waals surface area (Å²) in [6, 6.07) is 8.87. The number of sulfonamides is 1. The van der Waals surface area contributed by atoms with Gasteiger partial charge in [0, 0.05) is 29.4 Å². The van der Waals surface area contributed by atoms with Crippen LogP contribution >= 0.6 is 11.3 Å². The second kappa shape index (κ2) is 7.03. The maximum absolute atomic E-state index is 12.5. The largest absolute Gasteiger partial charge is 0.250 e. The minimum Gasteiger partial charge on any atom is -0.237 e. The third-order valence-electron chi connectivity index (χ3n) is 4.73. The Morgan fingerprint density at radius 2 is 2.04 bits per heavy atom.